The van der Waals surface area contributed by atoms with Gasteiger partial charge in [-0.25, -0.2) is 4.39 Å². The Labute approximate surface area is 121 Å². The van der Waals surface area contributed by atoms with Crippen molar-refractivity contribution >= 4 is 0 Å². The van der Waals surface area contributed by atoms with Crippen molar-refractivity contribution in [2.24, 2.45) is 5.92 Å². The van der Waals surface area contributed by atoms with E-state index in [-0.39, 0.29) is 5.82 Å². The first-order valence-electron chi connectivity index (χ1n) is 7.76. The van der Waals surface area contributed by atoms with Gasteiger partial charge in [0.1, 0.15) is 5.82 Å². The zero-order chi connectivity index (χ0) is 14.5. The van der Waals surface area contributed by atoms with E-state index in [0.29, 0.717) is 17.5 Å². The van der Waals surface area contributed by atoms with E-state index in [1.807, 2.05) is 6.07 Å². The summed E-state index contributed by atoms with van der Waals surface area (Å²) in [6.07, 6.45) is 3.96. The number of nitrogens with zero attached hydrogens (tertiary/aromatic N) is 1. The van der Waals surface area contributed by atoms with Crippen LogP contribution < -0.4 is 0 Å². The van der Waals surface area contributed by atoms with E-state index >= 15 is 0 Å². The highest BCUT2D eigenvalue weighted by Gasteiger charge is 2.24. The Hall–Kier alpha value is -0.930. The molecule has 0 aromatic heterocycles. The Morgan fingerprint density at radius 3 is 2.70 bits per heavy atom. The fraction of sp³-hybridized carbons (Fsp3) is 0.647. The van der Waals surface area contributed by atoms with Gasteiger partial charge in [0.05, 0.1) is 6.10 Å². The minimum atomic E-state index is -0.566. The molecule has 1 aromatic carbocycles. The van der Waals surface area contributed by atoms with Crippen molar-refractivity contribution in [1.82, 2.24) is 4.90 Å². The van der Waals surface area contributed by atoms with Crippen molar-refractivity contribution in [3.63, 3.8) is 0 Å². The Morgan fingerprint density at radius 1 is 1.35 bits per heavy atom. The largest absolute Gasteiger partial charge is 0.388 e. The van der Waals surface area contributed by atoms with Gasteiger partial charge in [0.25, 0.3) is 0 Å². The highest BCUT2D eigenvalue weighted by atomic mass is 19.1. The van der Waals surface area contributed by atoms with Crippen LogP contribution in [0.1, 0.15) is 49.8 Å². The summed E-state index contributed by atoms with van der Waals surface area (Å²) in [6.45, 7) is 7.06. The molecule has 0 saturated heterocycles. The quantitative estimate of drug-likeness (QED) is 0.784. The summed E-state index contributed by atoms with van der Waals surface area (Å²) in [5, 5.41) is 10.2. The lowest BCUT2D eigenvalue weighted by molar-refractivity contribution is 0.139. The lowest BCUT2D eigenvalue weighted by Gasteiger charge is -2.23. The van der Waals surface area contributed by atoms with E-state index < -0.39 is 6.10 Å². The number of hydrogen-bond acceptors (Lipinski definition) is 2. The van der Waals surface area contributed by atoms with Crippen LogP contribution in [0.4, 0.5) is 4.39 Å². The molecule has 0 bridgehead atoms. The zero-order valence-corrected chi connectivity index (χ0v) is 12.6. The number of aliphatic hydroxyl groups is 1. The van der Waals surface area contributed by atoms with E-state index in [0.717, 1.165) is 32.0 Å². The van der Waals surface area contributed by atoms with Gasteiger partial charge in [0.2, 0.25) is 0 Å². The van der Waals surface area contributed by atoms with Crippen molar-refractivity contribution in [2.45, 2.75) is 45.6 Å². The van der Waals surface area contributed by atoms with E-state index in [4.69, 9.17) is 0 Å². The van der Waals surface area contributed by atoms with Crippen molar-refractivity contribution in [3.8, 4) is 0 Å². The summed E-state index contributed by atoms with van der Waals surface area (Å²) in [7, 11) is 0. The van der Waals surface area contributed by atoms with Crippen LogP contribution in [-0.2, 0) is 0 Å². The van der Waals surface area contributed by atoms with E-state index in [1.165, 1.54) is 18.9 Å². The molecule has 3 heteroatoms. The molecule has 1 atom stereocenters. The van der Waals surface area contributed by atoms with Gasteiger partial charge in [0.15, 0.2) is 0 Å². The van der Waals surface area contributed by atoms with Gasteiger partial charge in [-0.05, 0) is 62.3 Å². The van der Waals surface area contributed by atoms with Crippen LogP contribution in [0, 0.1) is 18.7 Å². The highest BCUT2D eigenvalue weighted by molar-refractivity contribution is 5.24. The Balaban J connectivity index is 1.85. The van der Waals surface area contributed by atoms with Crippen LogP contribution in [0.3, 0.4) is 0 Å². The van der Waals surface area contributed by atoms with Crippen LogP contribution >= 0.6 is 0 Å². The summed E-state index contributed by atoms with van der Waals surface area (Å²) in [4.78, 5) is 2.44. The number of aliphatic hydroxyl groups excluding tert-OH is 1. The molecule has 2 nitrogen and oxygen atoms in total. The first-order chi connectivity index (χ1) is 9.60. The van der Waals surface area contributed by atoms with Gasteiger partial charge >= 0.3 is 0 Å². The summed E-state index contributed by atoms with van der Waals surface area (Å²) >= 11 is 0. The lowest BCUT2D eigenvalue weighted by atomic mass is 10.0. The van der Waals surface area contributed by atoms with E-state index in [9.17, 15) is 9.50 Å². The molecule has 1 unspecified atom stereocenters. The molecule has 1 saturated carbocycles. The molecule has 2 rings (SSSR count). The third-order valence-corrected chi connectivity index (χ3v) is 4.05. The molecule has 1 N–H and O–H groups in total. The molecule has 0 heterocycles. The topological polar surface area (TPSA) is 23.5 Å². The third kappa shape index (κ3) is 4.57. The summed E-state index contributed by atoms with van der Waals surface area (Å²) in [5.41, 5.74) is 1.32. The van der Waals surface area contributed by atoms with Crippen LogP contribution in [-0.4, -0.2) is 29.6 Å². The summed E-state index contributed by atoms with van der Waals surface area (Å²) < 4.78 is 13.5. The summed E-state index contributed by atoms with van der Waals surface area (Å²) in [6, 6.07) is 5.03. The minimum absolute atomic E-state index is 0.232. The van der Waals surface area contributed by atoms with Crippen LogP contribution in [0.25, 0.3) is 0 Å². The van der Waals surface area contributed by atoms with E-state index in [2.05, 4.69) is 11.8 Å². The fourth-order valence-corrected chi connectivity index (χ4v) is 2.56. The predicted octanol–water partition coefficient (Wildman–Crippen LogP) is 3.68. The average molecular weight is 279 g/mol. The molecule has 1 aromatic rings. The van der Waals surface area contributed by atoms with Crippen molar-refractivity contribution in [2.75, 3.05) is 19.6 Å². The van der Waals surface area contributed by atoms with Crippen molar-refractivity contribution in [3.05, 3.63) is 35.1 Å². The number of rotatable bonds is 8. The maximum absolute atomic E-state index is 13.5. The molecule has 1 aliphatic carbocycles. The normalized spacial score (nSPS) is 16.6. The number of halogens is 1. The van der Waals surface area contributed by atoms with Gasteiger partial charge in [-0.15, -0.1) is 0 Å². The molecular formula is C17H26FNO. The van der Waals surface area contributed by atoms with Crippen molar-refractivity contribution < 1.29 is 9.50 Å². The Bertz CT molecular complexity index is 431. The predicted molar refractivity (Wildman–Crippen MR) is 80.2 cm³/mol. The molecule has 112 valence electrons. The molecule has 0 amide bonds. The number of benzene rings is 1. The summed E-state index contributed by atoms with van der Waals surface area (Å²) in [5.74, 6) is 0.639. The second-order valence-corrected chi connectivity index (χ2v) is 6.06. The average Bonchev–Trinajstić information content (AvgIpc) is 3.23. The fourth-order valence-electron chi connectivity index (χ4n) is 2.56. The van der Waals surface area contributed by atoms with Crippen LogP contribution in [0.2, 0.25) is 0 Å². The second-order valence-electron chi connectivity index (χ2n) is 6.06. The van der Waals surface area contributed by atoms with Gasteiger partial charge < -0.3 is 10.0 Å². The molecular weight excluding hydrogens is 253 g/mol. The second kappa shape index (κ2) is 7.19. The van der Waals surface area contributed by atoms with Gasteiger partial charge in [-0.2, -0.15) is 0 Å². The molecule has 0 spiro atoms. The van der Waals surface area contributed by atoms with Crippen molar-refractivity contribution in [1.29, 1.82) is 0 Å². The van der Waals surface area contributed by atoms with Gasteiger partial charge in [-0.3, -0.25) is 0 Å². The highest BCUT2D eigenvalue weighted by Crippen LogP contribution is 2.30. The Kier molecular flexibility index (Phi) is 5.55. The third-order valence-electron chi connectivity index (χ3n) is 4.05. The van der Waals surface area contributed by atoms with Gasteiger partial charge in [0, 0.05) is 13.1 Å². The first kappa shape index (κ1) is 15.5. The Morgan fingerprint density at radius 2 is 2.10 bits per heavy atom. The first-order valence-corrected chi connectivity index (χ1v) is 7.76. The standard InChI is InChI=1S/C17H26FNO/c1-3-9-19(12-14-5-6-14)10-8-17(20)15-7-4-13(2)16(18)11-15/h4,7,11,14,17,20H,3,5-6,8-10,12H2,1-2H3. The van der Waals surface area contributed by atoms with Gasteiger partial charge in [-0.1, -0.05) is 19.1 Å². The maximum Gasteiger partial charge on any atom is 0.126 e. The minimum Gasteiger partial charge on any atom is -0.388 e. The lowest BCUT2D eigenvalue weighted by Crippen LogP contribution is -2.29. The SMILES string of the molecule is CCCN(CCC(O)c1ccc(C)c(F)c1)CC1CC1. The maximum atomic E-state index is 13.5. The molecule has 20 heavy (non-hydrogen) atoms. The number of aryl methyl sites for hydroxylation is 1. The monoisotopic (exact) mass is 279 g/mol. The van der Waals surface area contributed by atoms with Crippen LogP contribution in [0.5, 0.6) is 0 Å². The smallest absolute Gasteiger partial charge is 0.126 e. The molecule has 0 radical (unpaired) electrons. The zero-order valence-electron chi connectivity index (χ0n) is 12.6. The molecule has 0 aliphatic heterocycles. The number of hydrogen-bond donors (Lipinski definition) is 1. The molecule has 1 fully saturated rings. The van der Waals surface area contributed by atoms with E-state index in [1.54, 1.807) is 13.0 Å². The molecule has 1 aliphatic rings. The van der Waals surface area contributed by atoms with Crippen LogP contribution in [0.15, 0.2) is 18.2 Å².